The zero-order chi connectivity index (χ0) is 10.8. The van der Waals surface area contributed by atoms with Crippen LogP contribution in [0.5, 0.6) is 0 Å². The predicted molar refractivity (Wildman–Crippen MR) is 50.6 cm³/mol. The molecule has 1 rings (SSSR count). The summed E-state index contributed by atoms with van der Waals surface area (Å²) in [7, 11) is 0. The molecule has 4 nitrogen and oxygen atoms in total. The minimum Gasteiger partial charge on any atom is -0.458 e. The summed E-state index contributed by atoms with van der Waals surface area (Å²) in [5.41, 5.74) is -0.497. The van der Waals surface area contributed by atoms with Crippen LogP contribution in [0, 0.1) is 0 Å². The average Bonchev–Trinajstić information content (AvgIpc) is 1.94. The number of hydrogen-bond acceptors (Lipinski definition) is 4. The Morgan fingerprint density at radius 1 is 1.43 bits per heavy atom. The van der Waals surface area contributed by atoms with E-state index in [4.69, 9.17) is 9.47 Å². The lowest BCUT2D eigenvalue weighted by atomic mass is 9.91. The van der Waals surface area contributed by atoms with Crippen LogP contribution >= 0.6 is 0 Å². The molecule has 82 valence electrons. The van der Waals surface area contributed by atoms with Gasteiger partial charge in [0.1, 0.15) is 12.2 Å². The van der Waals surface area contributed by atoms with Gasteiger partial charge >= 0.3 is 5.97 Å². The molecule has 0 bridgehead atoms. The molecule has 0 unspecified atom stereocenters. The van der Waals surface area contributed by atoms with Crippen LogP contribution in [0.2, 0.25) is 0 Å². The van der Waals surface area contributed by atoms with Crippen LogP contribution in [0.15, 0.2) is 0 Å². The van der Waals surface area contributed by atoms with Crippen molar-refractivity contribution in [2.45, 2.75) is 51.4 Å². The molecular formula is C10H18O4. The Kier molecular flexibility index (Phi) is 3.17. The molecule has 0 aromatic carbocycles. The molecule has 0 radical (unpaired) electrons. The van der Waals surface area contributed by atoms with Gasteiger partial charge in [-0.25, -0.2) is 4.79 Å². The number of ether oxygens (including phenoxy) is 2. The van der Waals surface area contributed by atoms with E-state index < -0.39 is 17.4 Å². The van der Waals surface area contributed by atoms with Gasteiger partial charge in [-0.3, -0.25) is 0 Å². The molecule has 0 aliphatic heterocycles. The highest BCUT2D eigenvalue weighted by molar-refractivity contribution is 5.71. The number of hydrogen-bond donors (Lipinski definition) is 1. The normalized spacial score (nSPS) is 20.0. The van der Waals surface area contributed by atoms with E-state index in [0.717, 1.165) is 6.42 Å². The molecule has 1 aliphatic carbocycles. The second kappa shape index (κ2) is 3.87. The van der Waals surface area contributed by atoms with Crippen molar-refractivity contribution in [2.24, 2.45) is 0 Å². The highest BCUT2D eigenvalue weighted by Gasteiger charge is 2.36. The summed E-state index contributed by atoms with van der Waals surface area (Å²) in [6.07, 6.45) is 2.16. The largest absolute Gasteiger partial charge is 0.458 e. The lowest BCUT2D eigenvalue weighted by Gasteiger charge is -2.35. The second-order valence-electron chi connectivity index (χ2n) is 4.67. The third-order valence-corrected chi connectivity index (χ3v) is 2.01. The number of aliphatic hydroxyl groups is 1. The molecule has 0 spiro atoms. The van der Waals surface area contributed by atoms with Gasteiger partial charge in [-0.1, -0.05) is 0 Å². The van der Waals surface area contributed by atoms with E-state index >= 15 is 0 Å². The van der Waals surface area contributed by atoms with Crippen LogP contribution in [0.1, 0.15) is 40.0 Å². The Bertz CT molecular complexity index is 213. The fourth-order valence-electron chi connectivity index (χ4n) is 1.19. The van der Waals surface area contributed by atoms with Crippen molar-refractivity contribution in [1.29, 1.82) is 0 Å². The zero-order valence-corrected chi connectivity index (χ0v) is 9.00. The van der Waals surface area contributed by atoms with Crippen LogP contribution in [-0.4, -0.2) is 29.1 Å². The van der Waals surface area contributed by atoms with Gasteiger partial charge in [0.25, 0.3) is 0 Å². The smallest absolute Gasteiger partial charge is 0.332 e. The van der Waals surface area contributed by atoms with Crippen molar-refractivity contribution in [3.05, 3.63) is 0 Å². The van der Waals surface area contributed by atoms with Crippen LogP contribution in [0.3, 0.4) is 0 Å². The quantitative estimate of drug-likeness (QED) is 0.552. The van der Waals surface area contributed by atoms with Crippen LogP contribution in [-0.2, 0) is 14.3 Å². The molecule has 1 aliphatic rings. The summed E-state index contributed by atoms with van der Waals surface area (Å²) in [6.45, 7) is 5.21. The standard InChI is InChI=1S/C10H18O4/c1-9(2,3)14-8(11)7-13-10(12)5-4-6-10/h12H,4-7H2,1-3H3. The summed E-state index contributed by atoms with van der Waals surface area (Å²) in [5, 5.41) is 9.53. The first kappa shape index (κ1) is 11.5. The molecule has 1 saturated carbocycles. The van der Waals surface area contributed by atoms with Gasteiger partial charge in [-0.15, -0.1) is 0 Å². The van der Waals surface area contributed by atoms with Gasteiger partial charge in [0, 0.05) is 12.8 Å². The molecule has 1 N–H and O–H groups in total. The molecule has 14 heavy (non-hydrogen) atoms. The molecule has 0 amide bonds. The molecule has 4 heteroatoms. The fraction of sp³-hybridized carbons (Fsp3) is 0.900. The highest BCUT2D eigenvalue weighted by atomic mass is 16.6. The van der Waals surface area contributed by atoms with E-state index in [1.165, 1.54) is 0 Å². The number of rotatable bonds is 3. The number of carbonyl (C=O) groups excluding carboxylic acids is 1. The van der Waals surface area contributed by atoms with Crippen LogP contribution in [0.25, 0.3) is 0 Å². The van der Waals surface area contributed by atoms with E-state index in [9.17, 15) is 9.90 Å². The Balaban J connectivity index is 2.21. The predicted octanol–water partition coefficient (Wildman–Crippen LogP) is 1.22. The first-order chi connectivity index (χ1) is 6.31. The van der Waals surface area contributed by atoms with Gasteiger partial charge in [-0.2, -0.15) is 0 Å². The van der Waals surface area contributed by atoms with Crippen molar-refractivity contribution < 1.29 is 19.4 Å². The monoisotopic (exact) mass is 202 g/mol. The lowest BCUT2D eigenvalue weighted by Crippen LogP contribution is -2.41. The second-order valence-corrected chi connectivity index (χ2v) is 4.67. The maximum atomic E-state index is 11.2. The van der Waals surface area contributed by atoms with Gasteiger partial charge in [0.15, 0.2) is 5.79 Å². The fourth-order valence-corrected chi connectivity index (χ4v) is 1.19. The van der Waals surface area contributed by atoms with Crippen molar-refractivity contribution in [2.75, 3.05) is 6.61 Å². The molecule has 0 saturated heterocycles. The first-order valence-electron chi connectivity index (χ1n) is 4.89. The van der Waals surface area contributed by atoms with Crippen molar-refractivity contribution >= 4 is 5.97 Å². The summed E-state index contributed by atoms with van der Waals surface area (Å²) in [5.74, 6) is -1.51. The van der Waals surface area contributed by atoms with E-state index in [2.05, 4.69) is 0 Å². The maximum Gasteiger partial charge on any atom is 0.332 e. The SMILES string of the molecule is CC(C)(C)OC(=O)COC1(O)CCC1. The van der Waals surface area contributed by atoms with E-state index in [-0.39, 0.29) is 6.61 Å². The van der Waals surface area contributed by atoms with Crippen LogP contribution in [0.4, 0.5) is 0 Å². The Hall–Kier alpha value is -0.610. The molecule has 0 aromatic heterocycles. The molecule has 1 fully saturated rings. The van der Waals surface area contributed by atoms with Crippen molar-refractivity contribution in [3.8, 4) is 0 Å². The molecule has 0 atom stereocenters. The average molecular weight is 202 g/mol. The first-order valence-corrected chi connectivity index (χ1v) is 4.89. The summed E-state index contributed by atoms with van der Waals surface area (Å²) in [4.78, 5) is 11.2. The summed E-state index contributed by atoms with van der Waals surface area (Å²) in [6, 6.07) is 0. The topological polar surface area (TPSA) is 55.8 Å². The Morgan fingerprint density at radius 3 is 2.36 bits per heavy atom. The molecule has 0 aromatic rings. The molecule has 0 heterocycles. The third kappa shape index (κ3) is 3.64. The van der Waals surface area contributed by atoms with Gasteiger partial charge in [0.05, 0.1) is 0 Å². The number of carbonyl (C=O) groups is 1. The summed E-state index contributed by atoms with van der Waals surface area (Å²) < 4.78 is 10.1. The van der Waals surface area contributed by atoms with Gasteiger partial charge in [0.2, 0.25) is 0 Å². The molecular weight excluding hydrogens is 184 g/mol. The Labute approximate surface area is 84.2 Å². The third-order valence-electron chi connectivity index (χ3n) is 2.01. The van der Waals surface area contributed by atoms with Gasteiger partial charge < -0.3 is 14.6 Å². The lowest BCUT2D eigenvalue weighted by molar-refractivity contribution is -0.250. The summed E-state index contributed by atoms with van der Waals surface area (Å²) >= 11 is 0. The van der Waals surface area contributed by atoms with Crippen molar-refractivity contribution in [1.82, 2.24) is 0 Å². The minimum atomic E-state index is -1.07. The zero-order valence-electron chi connectivity index (χ0n) is 9.00. The maximum absolute atomic E-state index is 11.2. The highest BCUT2D eigenvalue weighted by Crippen LogP contribution is 2.32. The van der Waals surface area contributed by atoms with E-state index in [1.54, 1.807) is 20.8 Å². The van der Waals surface area contributed by atoms with E-state index in [1.807, 2.05) is 0 Å². The van der Waals surface area contributed by atoms with Gasteiger partial charge in [-0.05, 0) is 27.2 Å². The number of esters is 1. The van der Waals surface area contributed by atoms with E-state index in [0.29, 0.717) is 12.8 Å². The Morgan fingerprint density at radius 2 is 2.00 bits per heavy atom. The minimum absolute atomic E-state index is 0.173. The van der Waals surface area contributed by atoms with Crippen molar-refractivity contribution in [3.63, 3.8) is 0 Å². The van der Waals surface area contributed by atoms with Crippen LogP contribution < -0.4 is 0 Å².